The standard InChI is InChI=1S/C18H19N3O2/c1-23-17(15-5-3-2-4-6-15)12-21-18(22)13-20-16-9-7-14(11-19)8-10-16/h2-10,17,20H,12-13H2,1H3,(H,21,22)/t17-/m0/s1. The lowest BCUT2D eigenvalue weighted by Crippen LogP contribution is -2.33. The highest BCUT2D eigenvalue weighted by Crippen LogP contribution is 2.14. The summed E-state index contributed by atoms with van der Waals surface area (Å²) in [4.78, 5) is 11.9. The number of nitrogens with one attached hydrogen (secondary N) is 2. The van der Waals surface area contributed by atoms with E-state index in [-0.39, 0.29) is 18.6 Å². The van der Waals surface area contributed by atoms with Crippen LogP contribution in [0, 0.1) is 11.3 Å². The molecule has 23 heavy (non-hydrogen) atoms. The largest absolute Gasteiger partial charge is 0.376 e. The number of amides is 1. The second-order valence-electron chi connectivity index (χ2n) is 4.98. The molecule has 0 saturated heterocycles. The number of carbonyl (C=O) groups excluding carboxylic acids is 1. The second-order valence-corrected chi connectivity index (χ2v) is 4.98. The van der Waals surface area contributed by atoms with Gasteiger partial charge in [0.05, 0.1) is 24.3 Å². The van der Waals surface area contributed by atoms with Gasteiger partial charge in [0, 0.05) is 19.3 Å². The molecule has 0 unspecified atom stereocenters. The van der Waals surface area contributed by atoms with Crippen molar-refractivity contribution in [1.29, 1.82) is 5.26 Å². The number of ether oxygens (including phenoxy) is 1. The molecule has 2 aromatic rings. The molecule has 1 atom stereocenters. The monoisotopic (exact) mass is 309 g/mol. The third-order valence-corrected chi connectivity index (χ3v) is 3.41. The fourth-order valence-electron chi connectivity index (χ4n) is 2.12. The maximum absolute atomic E-state index is 11.9. The molecule has 0 bridgehead atoms. The van der Waals surface area contributed by atoms with Gasteiger partial charge in [-0.2, -0.15) is 5.26 Å². The number of methoxy groups -OCH3 is 1. The maximum Gasteiger partial charge on any atom is 0.239 e. The lowest BCUT2D eigenvalue weighted by Gasteiger charge is -2.16. The van der Waals surface area contributed by atoms with E-state index < -0.39 is 0 Å². The number of carbonyl (C=O) groups is 1. The summed E-state index contributed by atoms with van der Waals surface area (Å²) in [5, 5.41) is 14.6. The van der Waals surface area contributed by atoms with E-state index in [1.54, 1.807) is 31.4 Å². The number of hydrogen-bond donors (Lipinski definition) is 2. The fourth-order valence-corrected chi connectivity index (χ4v) is 2.12. The average Bonchev–Trinajstić information content (AvgIpc) is 2.62. The van der Waals surface area contributed by atoms with Gasteiger partial charge in [-0.15, -0.1) is 0 Å². The van der Waals surface area contributed by atoms with Crippen molar-refractivity contribution in [3.8, 4) is 6.07 Å². The van der Waals surface area contributed by atoms with Crippen LogP contribution in [0.25, 0.3) is 0 Å². The van der Waals surface area contributed by atoms with Crippen molar-refractivity contribution in [2.24, 2.45) is 0 Å². The zero-order valence-corrected chi connectivity index (χ0v) is 13.0. The Morgan fingerprint density at radius 2 is 1.87 bits per heavy atom. The van der Waals surface area contributed by atoms with Gasteiger partial charge in [-0.1, -0.05) is 30.3 Å². The lowest BCUT2D eigenvalue weighted by molar-refractivity contribution is -0.120. The van der Waals surface area contributed by atoms with Crippen LogP contribution in [0.3, 0.4) is 0 Å². The topological polar surface area (TPSA) is 74.2 Å². The Bertz CT molecular complexity index is 663. The highest BCUT2D eigenvalue weighted by atomic mass is 16.5. The van der Waals surface area contributed by atoms with Crippen LogP contribution >= 0.6 is 0 Å². The van der Waals surface area contributed by atoms with Gasteiger partial charge in [-0.25, -0.2) is 0 Å². The molecule has 0 spiro atoms. The third-order valence-electron chi connectivity index (χ3n) is 3.41. The van der Waals surface area contributed by atoms with Gasteiger partial charge in [-0.3, -0.25) is 4.79 Å². The van der Waals surface area contributed by atoms with E-state index in [1.807, 2.05) is 30.3 Å². The van der Waals surface area contributed by atoms with E-state index in [0.717, 1.165) is 11.3 Å². The second kappa shape index (κ2) is 8.57. The van der Waals surface area contributed by atoms with Gasteiger partial charge in [0.25, 0.3) is 0 Å². The summed E-state index contributed by atoms with van der Waals surface area (Å²) in [6, 6.07) is 18.8. The highest BCUT2D eigenvalue weighted by Gasteiger charge is 2.11. The Morgan fingerprint density at radius 1 is 1.17 bits per heavy atom. The third kappa shape index (κ3) is 5.13. The van der Waals surface area contributed by atoms with Crippen LogP contribution < -0.4 is 10.6 Å². The summed E-state index contributed by atoms with van der Waals surface area (Å²) in [5.41, 5.74) is 2.41. The Hall–Kier alpha value is -2.84. The predicted octanol–water partition coefficient (Wildman–Crippen LogP) is 2.47. The summed E-state index contributed by atoms with van der Waals surface area (Å²) in [6.45, 7) is 0.575. The Balaban J connectivity index is 1.79. The first-order valence-corrected chi connectivity index (χ1v) is 7.31. The van der Waals surface area contributed by atoms with E-state index in [4.69, 9.17) is 10.00 Å². The minimum atomic E-state index is -0.171. The van der Waals surface area contributed by atoms with Crippen LogP contribution in [-0.4, -0.2) is 26.1 Å². The van der Waals surface area contributed by atoms with E-state index in [1.165, 1.54) is 0 Å². The molecule has 5 nitrogen and oxygen atoms in total. The first kappa shape index (κ1) is 16.5. The van der Waals surface area contributed by atoms with Gasteiger partial charge in [0.15, 0.2) is 0 Å². The van der Waals surface area contributed by atoms with Crippen LogP contribution in [0.15, 0.2) is 54.6 Å². The molecule has 0 aromatic heterocycles. The normalized spacial score (nSPS) is 11.3. The van der Waals surface area contributed by atoms with Crippen molar-refractivity contribution in [2.45, 2.75) is 6.10 Å². The molecule has 118 valence electrons. The first-order valence-electron chi connectivity index (χ1n) is 7.31. The molecule has 1 amide bonds. The zero-order valence-electron chi connectivity index (χ0n) is 13.0. The summed E-state index contributed by atoms with van der Waals surface area (Å²) in [7, 11) is 1.62. The smallest absolute Gasteiger partial charge is 0.239 e. The number of hydrogen-bond acceptors (Lipinski definition) is 4. The minimum absolute atomic E-state index is 0.118. The lowest BCUT2D eigenvalue weighted by atomic mass is 10.1. The number of rotatable bonds is 7. The SMILES string of the molecule is CO[C@@H](CNC(=O)CNc1ccc(C#N)cc1)c1ccccc1. The van der Waals surface area contributed by atoms with Crippen LogP contribution in [-0.2, 0) is 9.53 Å². The maximum atomic E-state index is 11.9. The molecule has 2 aromatic carbocycles. The molecule has 2 rings (SSSR count). The van der Waals surface area contributed by atoms with E-state index in [9.17, 15) is 4.79 Å². The van der Waals surface area contributed by atoms with Crippen molar-refractivity contribution in [3.63, 3.8) is 0 Å². The average molecular weight is 309 g/mol. The molecule has 0 aliphatic rings. The van der Waals surface area contributed by atoms with E-state index in [2.05, 4.69) is 16.7 Å². The van der Waals surface area contributed by atoms with Crippen molar-refractivity contribution < 1.29 is 9.53 Å². The van der Waals surface area contributed by atoms with Crippen molar-refractivity contribution in [2.75, 3.05) is 25.5 Å². The van der Waals surface area contributed by atoms with Crippen molar-refractivity contribution >= 4 is 11.6 Å². The van der Waals surface area contributed by atoms with Gasteiger partial charge in [0.2, 0.25) is 5.91 Å². The summed E-state index contributed by atoms with van der Waals surface area (Å²) in [6.07, 6.45) is -0.171. The summed E-state index contributed by atoms with van der Waals surface area (Å²) >= 11 is 0. The fraction of sp³-hybridized carbons (Fsp3) is 0.222. The molecule has 0 aliphatic carbocycles. The number of anilines is 1. The zero-order chi connectivity index (χ0) is 16.5. The highest BCUT2D eigenvalue weighted by molar-refractivity contribution is 5.80. The summed E-state index contributed by atoms with van der Waals surface area (Å²) in [5.74, 6) is -0.118. The van der Waals surface area contributed by atoms with Crippen molar-refractivity contribution in [3.05, 3.63) is 65.7 Å². The molecule has 0 aliphatic heterocycles. The molecule has 0 saturated carbocycles. The van der Waals surface area contributed by atoms with Crippen LogP contribution in [0.5, 0.6) is 0 Å². The van der Waals surface area contributed by atoms with Crippen LogP contribution in [0.4, 0.5) is 5.69 Å². The summed E-state index contributed by atoms with van der Waals surface area (Å²) < 4.78 is 5.41. The minimum Gasteiger partial charge on any atom is -0.376 e. The van der Waals surface area contributed by atoms with Gasteiger partial charge in [-0.05, 0) is 29.8 Å². The molecular weight excluding hydrogens is 290 g/mol. The number of nitrogens with zero attached hydrogens (tertiary/aromatic N) is 1. The predicted molar refractivity (Wildman–Crippen MR) is 88.8 cm³/mol. The molecule has 5 heteroatoms. The number of benzene rings is 2. The van der Waals surface area contributed by atoms with Gasteiger partial charge >= 0.3 is 0 Å². The van der Waals surface area contributed by atoms with Crippen LogP contribution in [0.2, 0.25) is 0 Å². The Kier molecular flexibility index (Phi) is 6.16. The van der Waals surface area contributed by atoms with Gasteiger partial charge in [0.1, 0.15) is 0 Å². The molecule has 0 fully saturated rings. The molecule has 2 N–H and O–H groups in total. The Morgan fingerprint density at radius 3 is 2.48 bits per heavy atom. The van der Waals surface area contributed by atoms with Gasteiger partial charge < -0.3 is 15.4 Å². The van der Waals surface area contributed by atoms with E-state index in [0.29, 0.717) is 12.1 Å². The van der Waals surface area contributed by atoms with Crippen molar-refractivity contribution in [1.82, 2.24) is 5.32 Å². The van der Waals surface area contributed by atoms with E-state index >= 15 is 0 Å². The Labute approximate surface area is 135 Å². The number of nitriles is 1. The molecule has 0 radical (unpaired) electrons. The molecule has 0 heterocycles. The first-order chi connectivity index (χ1) is 11.2. The molecular formula is C18H19N3O2. The quantitative estimate of drug-likeness (QED) is 0.824. The van der Waals surface area contributed by atoms with Crippen LogP contribution in [0.1, 0.15) is 17.2 Å².